The first-order chi connectivity index (χ1) is 9.28. The Hall–Kier alpha value is -1.07. The number of carbonyl (C=O) groups is 1. The van der Waals surface area contributed by atoms with Gasteiger partial charge in [0.1, 0.15) is 16.9 Å². The summed E-state index contributed by atoms with van der Waals surface area (Å²) < 4.78 is 11.4. The monoisotopic (exact) mass is 342 g/mol. The molecule has 110 valence electrons. The largest absolute Gasteiger partial charge is 0.506 e. The molecule has 0 heterocycles. The molecule has 1 aromatic rings. The number of aromatic hydroxyl groups is 1. The lowest BCUT2D eigenvalue weighted by Crippen LogP contribution is -2.24. The summed E-state index contributed by atoms with van der Waals surface area (Å²) in [6.45, 7) is 5.68. The molecule has 1 saturated carbocycles. The standard InChI is InChI=1S/C15H19BrO4/c1-15(2,3)20-14(18)12-9(8-19-10-5-6-10)4-7-11(16)13(12)17/h4,7,10,17H,5-6,8H2,1-3H3. The SMILES string of the molecule is CC(C)(C)OC(=O)c1c(COC2CC2)ccc(Br)c1O. The Kier molecular flexibility index (Phi) is 4.39. The van der Waals surface area contributed by atoms with E-state index in [1.807, 2.05) is 0 Å². The van der Waals surface area contributed by atoms with Crippen molar-refractivity contribution in [3.05, 3.63) is 27.7 Å². The van der Waals surface area contributed by atoms with Crippen molar-refractivity contribution in [1.29, 1.82) is 0 Å². The van der Waals surface area contributed by atoms with E-state index in [9.17, 15) is 9.90 Å². The molecule has 1 fully saturated rings. The predicted octanol–water partition coefficient (Wildman–Crippen LogP) is 3.79. The zero-order chi connectivity index (χ0) is 14.9. The molecule has 0 aromatic heterocycles. The van der Waals surface area contributed by atoms with Crippen LogP contribution in [0, 0.1) is 0 Å². The molecule has 0 bridgehead atoms. The van der Waals surface area contributed by atoms with Gasteiger partial charge >= 0.3 is 5.97 Å². The topological polar surface area (TPSA) is 55.8 Å². The summed E-state index contributed by atoms with van der Waals surface area (Å²) >= 11 is 3.22. The molecule has 4 nitrogen and oxygen atoms in total. The molecule has 20 heavy (non-hydrogen) atoms. The van der Waals surface area contributed by atoms with Crippen LogP contribution in [0.2, 0.25) is 0 Å². The average Bonchev–Trinajstić information content (AvgIpc) is 3.12. The van der Waals surface area contributed by atoms with Crippen LogP contribution in [0.1, 0.15) is 49.5 Å². The van der Waals surface area contributed by atoms with Gasteiger partial charge in [-0.25, -0.2) is 4.79 Å². The predicted molar refractivity (Wildman–Crippen MR) is 78.8 cm³/mol. The van der Waals surface area contributed by atoms with Crippen LogP contribution in [-0.2, 0) is 16.1 Å². The van der Waals surface area contributed by atoms with Gasteiger partial charge in [0.05, 0.1) is 17.2 Å². The summed E-state index contributed by atoms with van der Waals surface area (Å²) in [5.74, 6) is -0.637. The maximum atomic E-state index is 12.3. The molecule has 0 unspecified atom stereocenters. The summed E-state index contributed by atoms with van der Waals surface area (Å²) in [6.07, 6.45) is 2.40. The normalized spacial score (nSPS) is 15.2. The number of hydrogen-bond acceptors (Lipinski definition) is 4. The van der Waals surface area contributed by atoms with Crippen LogP contribution in [0.15, 0.2) is 16.6 Å². The Balaban J connectivity index is 2.26. The number of ether oxygens (including phenoxy) is 2. The Morgan fingerprint density at radius 3 is 2.60 bits per heavy atom. The molecule has 0 amide bonds. The van der Waals surface area contributed by atoms with Gasteiger partial charge < -0.3 is 14.6 Å². The summed E-state index contributed by atoms with van der Waals surface area (Å²) in [5, 5.41) is 10.1. The molecular formula is C15H19BrO4. The lowest BCUT2D eigenvalue weighted by atomic mass is 10.1. The number of esters is 1. The Labute approximate surface area is 127 Å². The van der Waals surface area contributed by atoms with E-state index in [2.05, 4.69) is 15.9 Å². The highest BCUT2D eigenvalue weighted by Gasteiger charge is 2.27. The molecule has 1 aromatic carbocycles. The Morgan fingerprint density at radius 1 is 1.40 bits per heavy atom. The summed E-state index contributed by atoms with van der Waals surface area (Å²) in [7, 11) is 0. The lowest BCUT2D eigenvalue weighted by Gasteiger charge is -2.21. The number of halogens is 1. The van der Waals surface area contributed by atoms with Crippen molar-refractivity contribution >= 4 is 21.9 Å². The van der Waals surface area contributed by atoms with Crippen LogP contribution in [0.3, 0.4) is 0 Å². The first-order valence-corrected chi connectivity index (χ1v) is 7.42. The number of phenolic OH excluding ortho intramolecular Hbond substituents is 1. The fraction of sp³-hybridized carbons (Fsp3) is 0.533. The number of phenols is 1. The van der Waals surface area contributed by atoms with Gasteiger partial charge in [0.15, 0.2) is 0 Å². The van der Waals surface area contributed by atoms with Crippen molar-refractivity contribution in [2.75, 3.05) is 0 Å². The first kappa shape index (κ1) is 15.3. The minimum absolute atomic E-state index is 0.101. The van der Waals surface area contributed by atoms with Crippen molar-refractivity contribution < 1.29 is 19.4 Å². The molecule has 0 spiro atoms. The minimum Gasteiger partial charge on any atom is -0.506 e. The van der Waals surface area contributed by atoms with Crippen molar-refractivity contribution in [3.63, 3.8) is 0 Å². The second-order valence-electron chi connectivity index (χ2n) is 5.94. The second kappa shape index (κ2) is 5.74. The highest BCUT2D eigenvalue weighted by Crippen LogP contribution is 2.33. The van der Waals surface area contributed by atoms with Crippen LogP contribution in [0.5, 0.6) is 5.75 Å². The van der Waals surface area contributed by atoms with Gasteiger partial charge in [-0.05, 0) is 61.2 Å². The fourth-order valence-corrected chi connectivity index (χ4v) is 2.06. The fourth-order valence-electron chi connectivity index (χ4n) is 1.73. The smallest absolute Gasteiger partial charge is 0.342 e. The van der Waals surface area contributed by atoms with E-state index < -0.39 is 11.6 Å². The van der Waals surface area contributed by atoms with Crippen LogP contribution in [0.4, 0.5) is 0 Å². The molecule has 2 rings (SSSR count). The van der Waals surface area contributed by atoms with Crippen molar-refractivity contribution in [3.8, 4) is 5.75 Å². The van der Waals surface area contributed by atoms with Crippen LogP contribution < -0.4 is 0 Å². The molecule has 0 saturated heterocycles. The van der Waals surface area contributed by atoms with E-state index in [4.69, 9.17) is 9.47 Å². The van der Waals surface area contributed by atoms with E-state index in [1.54, 1.807) is 32.9 Å². The van der Waals surface area contributed by atoms with Crippen LogP contribution >= 0.6 is 15.9 Å². The summed E-state index contributed by atoms with van der Waals surface area (Å²) in [5.41, 5.74) is 0.210. The maximum absolute atomic E-state index is 12.3. The van der Waals surface area contributed by atoms with Crippen molar-refractivity contribution in [2.24, 2.45) is 0 Å². The molecule has 1 aliphatic rings. The number of hydrogen-bond donors (Lipinski definition) is 1. The third-order valence-electron chi connectivity index (χ3n) is 2.82. The van der Waals surface area contributed by atoms with Gasteiger partial charge in [-0.15, -0.1) is 0 Å². The molecular weight excluding hydrogens is 324 g/mol. The van der Waals surface area contributed by atoms with Crippen LogP contribution in [0.25, 0.3) is 0 Å². The zero-order valence-corrected chi connectivity index (χ0v) is 13.5. The minimum atomic E-state index is -0.611. The quantitative estimate of drug-likeness (QED) is 0.845. The summed E-state index contributed by atoms with van der Waals surface area (Å²) in [6, 6.07) is 3.47. The van der Waals surface area contributed by atoms with Gasteiger partial charge in [-0.2, -0.15) is 0 Å². The van der Waals surface area contributed by atoms with Gasteiger partial charge in [-0.1, -0.05) is 6.07 Å². The number of rotatable bonds is 4. The van der Waals surface area contributed by atoms with Crippen molar-refractivity contribution in [1.82, 2.24) is 0 Å². The van der Waals surface area contributed by atoms with Gasteiger partial charge in [-0.3, -0.25) is 0 Å². The van der Waals surface area contributed by atoms with E-state index in [0.717, 1.165) is 12.8 Å². The van der Waals surface area contributed by atoms with E-state index in [0.29, 0.717) is 16.6 Å². The summed E-state index contributed by atoms with van der Waals surface area (Å²) in [4.78, 5) is 12.3. The molecule has 5 heteroatoms. The third-order valence-corrected chi connectivity index (χ3v) is 3.46. The molecule has 0 radical (unpaired) electrons. The number of carbonyl (C=O) groups excluding carboxylic acids is 1. The third kappa shape index (κ3) is 3.96. The van der Waals surface area contributed by atoms with E-state index >= 15 is 0 Å². The van der Waals surface area contributed by atoms with Gasteiger partial charge in [0, 0.05) is 0 Å². The molecule has 1 N–H and O–H groups in total. The zero-order valence-electron chi connectivity index (χ0n) is 11.9. The second-order valence-corrected chi connectivity index (χ2v) is 6.80. The molecule has 0 atom stereocenters. The lowest BCUT2D eigenvalue weighted by molar-refractivity contribution is 0.00608. The van der Waals surface area contributed by atoms with E-state index in [-0.39, 0.29) is 17.4 Å². The highest BCUT2D eigenvalue weighted by molar-refractivity contribution is 9.10. The van der Waals surface area contributed by atoms with Gasteiger partial charge in [0.2, 0.25) is 0 Å². The van der Waals surface area contributed by atoms with Crippen LogP contribution in [-0.4, -0.2) is 22.8 Å². The highest BCUT2D eigenvalue weighted by atomic mass is 79.9. The number of benzene rings is 1. The van der Waals surface area contributed by atoms with Gasteiger partial charge in [0.25, 0.3) is 0 Å². The Morgan fingerprint density at radius 2 is 2.05 bits per heavy atom. The molecule has 1 aliphatic carbocycles. The maximum Gasteiger partial charge on any atom is 0.342 e. The first-order valence-electron chi connectivity index (χ1n) is 6.63. The molecule has 0 aliphatic heterocycles. The van der Waals surface area contributed by atoms with Crippen molar-refractivity contribution in [2.45, 2.75) is 51.9 Å². The van der Waals surface area contributed by atoms with E-state index in [1.165, 1.54) is 0 Å². The average molecular weight is 343 g/mol. The Bertz CT molecular complexity index is 515.